The van der Waals surface area contributed by atoms with Gasteiger partial charge in [0.15, 0.2) is 5.16 Å². The summed E-state index contributed by atoms with van der Waals surface area (Å²) in [4.78, 5) is 34.2. The standard InChI is InChI=1S/C18H27N3O2S/c1-12-14(17(23)20-18(19-12)24-2)9-10-16(22)21-11-5-8-15(21)13-6-3-4-7-13/h13,15H,3-11H2,1-2H3,(H,19,20,23)/t15-/m0/s1. The summed E-state index contributed by atoms with van der Waals surface area (Å²) in [5.41, 5.74) is 1.29. The number of carbonyl (C=O) groups is 1. The van der Waals surface area contributed by atoms with Gasteiger partial charge >= 0.3 is 0 Å². The molecular formula is C18H27N3O2S. The minimum absolute atomic E-state index is 0.103. The van der Waals surface area contributed by atoms with E-state index in [1.54, 1.807) is 0 Å². The molecule has 1 aliphatic carbocycles. The Kier molecular flexibility index (Phi) is 5.64. The third-order valence-corrected chi connectivity index (χ3v) is 6.13. The van der Waals surface area contributed by atoms with E-state index in [0.717, 1.165) is 25.1 Å². The summed E-state index contributed by atoms with van der Waals surface area (Å²) in [6, 6.07) is 0.441. The van der Waals surface area contributed by atoms with Gasteiger partial charge in [-0.05, 0) is 51.2 Å². The molecule has 0 unspecified atom stereocenters. The van der Waals surface area contributed by atoms with Crippen LogP contribution >= 0.6 is 11.8 Å². The summed E-state index contributed by atoms with van der Waals surface area (Å²) in [5.74, 6) is 0.904. The lowest BCUT2D eigenvalue weighted by Crippen LogP contribution is -2.39. The van der Waals surface area contributed by atoms with E-state index in [-0.39, 0.29) is 11.5 Å². The van der Waals surface area contributed by atoms with Crippen LogP contribution in [0.25, 0.3) is 0 Å². The van der Waals surface area contributed by atoms with Crippen LogP contribution in [-0.4, -0.2) is 39.6 Å². The van der Waals surface area contributed by atoms with Crippen LogP contribution in [0.15, 0.2) is 9.95 Å². The van der Waals surface area contributed by atoms with Crippen LogP contribution in [0.1, 0.15) is 56.2 Å². The number of nitrogens with one attached hydrogen (secondary N) is 1. The maximum Gasteiger partial charge on any atom is 0.254 e. The van der Waals surface area contributed by atoms with Crippen molar-refractivity contribution in [2.75, 3.05) is 12.8 Å². The average molecular weight is 350 g/mol. The van der Waals surface area contributed by atoms with Crippen molar-refractivity contribution in [3.8, 4) is 0 Å². The van der Waals surface area contributed by atoms with Crippen LogP contribution in [0.4, 0.5) is 0 Å². The molecule has 1 atom stereocenters. The molecule has 24 heavy (non-hydrogen) atoms. The Balaban J connectivity index is 1.64. The molecule has 1 saturated heterocycles. The van der Waals surface area contributed by atoms with Gasteiger partial charge in [0.1, 0.15) is 0 Å². The molecule has 2 fully saturated rings. The van der Waals surface area contributed by atoms with Gasteiger partial charge in [0.25, 0.3) is 5.56 Å². The largest absolute Gasteiger partial charge is 0.339 e. The first-order valence-electron chi connectivity index (χ1n) is 9.03. The molecule has 2 aliphatic rings. The highest BCUT2D eigenvalue weighted by atomic mass is 32.2. The summed E-state index contributed by atoms with van der Waals surface area (Å²) in [5, 5.41) is 0.633. The molecule has 3 rings (SSSR count). The maximum atomic E-state index is 12.7. The average Bonchev–Trinajstić information content (AvgIpc) is 3.24. The Morgan fingerprint density at radius 2 is 2.04 bits per heavy atom. The van der Waals surface area contributed by atoms with E-state index >= 15 is 0 Å². The van der Waals surface area contributed by atoms with Gasteiger partial charge in [0.2, 0.25) is 5.91 Å². The zero-order valence-electron chi connectivity index (χ0n) is 14.6. The lowest BCUT2D eigenvalue weighted by Gasteiger charge is -2.29. The predicted octanol–water partition coefficient (Wildman–Crippen LogP) is 2.91. The van der Waals surface area contributed by atoms with Gasteiger partial charge in [-0.25, -0.2) is 4.98 Å². The van der Waals surface area contributed by atoms with Crippen LogP contribution < -0.4 is 5.56 Å². The third kappa shape index (κ3) is 3.68. The van der Waals surface area contributed by atoms with Crippen LogP contribution in [-0.2, 0) is 11.2 Å². The molecule has 0 spiro atoms. The van der Waals surface area contributed by atoms with Gasteiger partial charge in [-0.15, -0.1) is 0 Å². The fraction of sp³-hybridized carbons (Fsp3) is 0.722. The van der Waals surface area contributed by atoms with Crippen molar-refractivity contribution in [1.82, 2.24) is 14.9 Å². The third-order valence-electron chi connectivity index (χ3n) is 5.55. The van der Waals surface area contributed by atoms with E-state index in [2.05, 4.69) is 14.9 Å². The summed E-state index contributed by atoms with van der Waals surface area (Å²) in [6.07, 6.45) is 10.2. The molecule has 1 aliphatic heterocycles. The molecule has 1 aromatic rings. The lowest BCUT2D eigenvalue weighted by molar-refractivity contribution is -0.132. The van der Waals surface area contributed by atoms with Gasteiger partial charge in [0, 0.05) is 30.3 Å². The molecule has 6 heteroatoms. The number of thioether (sulfide) groups is 1. The number of hydrogen-bond donors (Lipinski definition) is 1. The smallest absolute Gasteiger partial charge is 0.254 e. The second kappa shape index (κ2) is 7.72. The van der Waals surface area contributed by atoms with Crippen molar-refractivity contribution in [3.05, 3.63) is 21.6 Å². The molecule has 1 N–H and O–H groups in total. The van der Waals surface area contributed by atoms with Gasteiger partial charge in [-0.2, -0.15) is 0 Å². The van der Waals surface area contributed by atoms with Crippen molar-refractivity contribution in [3.63, 3.8) is 0 Å². The highest BCUT2D eigenvalue weighted by Crippen LogP contribution is 2.35. The van der Waals surface area contributed by atoms with Crippen molar-refractivity contribution in [2.45, 2.75) is 69.5 Å². The Hall–Kier alpha value is -1.30. The van der Waals surface area contributed by atoms with Crippen LogP contribution in [0.5, 0.6) is 0 Å². The quantitative estimate of drug-likeness (QED) is 0.656. The number of hydrogen-bond acceptors (Lipinski definition) is 4. The van der Waals surface area contributed by atoms with Gasteiger partial charge < -0.3 is 9.88 Å². The van der Waals surface area contributed by atoms with Crippen molar-refractivity contribution in [1.29, 1.82) is 0 Å². The molecule has 1 aromatic heterocycles. The number of rotatable bonds is 5. The zero-order valence-corrected chi connectivity index (χ0v) is 15.5. The fourth-order valence-corrected chi connectivity index (χ4v) is 4.71. The zero-order chi connectivity index (χ0) is 17.1. The number of likely N-dealkylation sites (tertiary alicyclic amines) is 1. The molecule has 0 aromatic carbocycles. The lowest BCUT2D eigenvalue weighted by atomic mass is 9.95. The van der Waals surface area contributed by atoms with E-state index in [9.17, 15) is 9.59 Å². The first kappa shape index (κ1) is 17.5. The molecule has 2 heterocycles. The second-order valence-corrected chi connectivity index (χ2v) is 7.78. The van der Waals surface area contributed by atoms with E-state index in [4.69, 9.17) is 0 Å². The molecule has 132 valence electrons. The maximum absolute atomic E-state index is 12.7. The Labute approximate surface area is 147 Å². The van der Waals surface area contributed by atoms with Crippen LogP contribution in [0, 0.1) is 12.8 Å². The van der Waals surface area contributed by atoms with E-state index in [1.165, 1.54) is 37.4 Å². The topological polar surface area (TPSA) is 66.1 Å². The van der Waals surface area contributed by atoms with Crippen LogP contribution in [0.3, 0.4) is 0 Å². The normalized spacial score (nSPS) is 21.6. The molecular weight excluding hydrogens is 322 g/mol. The Morgan fingerprint density at radius 3 is 2.71 bits per heavy atom. The number of aromatic nitrogens is 2. The van der Waals surface area contributed by atoms with Crippen LogP contribution in [0.2, 0.25) is 0 Å². The number of aromatic amines is 1. The van der Waals surface area contributed by atoms with E-state index < -0.39 is 0 Å². The molecule has 1 saturated carbocycles. The summed E-state index contributed by atoms with van der Waals surface area (Å²) in [7, 11) is 0. The molecule has 0 radical (unpaired) electrons. The van der Waals surface area contributed by atoms with Crippen molar-refractivity contribution in [2.24, 2.45) is 5.92 Å². The second-order valence-electron chi connectivity index (χ2n) is 6.98. The first-order chi connectivity index (χ1) is 11.6. The van der Waals surface area contributed by atoms with E-state index in [1.807, 2.05) is 13.2 Å². The summed E-state index contributed by atoms with van der Waals surface area (Å²) >= 11 is 1.42. The van der Waals surface area contributed by atoms with Gasteiger partial charge in [-0.3, -0.25) is 9.59 Å². The summed E-state index contributed by atoms with van der Waals surface area (Å²) in [6.45, 7) is 2.74. The van der Waals surface area contributed by atoms with Crippen molar-refractivity contribution < 1.29 is 4.79 Å². The molecule has 5 nitrogen and oxygen atoms in total. The molecule has 0 bridgehead atoms. The monoisotopic (exact) mass is 349 g/mol. The SMILES string of the molecule is CSc1nc(C)c(CCC(=O)N2CCC[C@H]2C2CCCC2)c(=O)[nH]1. The highest BCUT2D eigenvalue weighted by molar-refractivity contribution is 7.98. The van der Waals surface area contributed by atoms with Gasteiger partial charge in [-0.1, -0.05) is 24.6 Å². The first-order valence-corrected chi connectivity index (χ1v) is 10.3. The minimum atomic E-state index is -0.103. The number of nitrogens with zero attached hydrogens (tertiary/aromatic N) is 2. The summed E-state index contributed by atoms with van der Waals surface area (Å²) < 4.78 is 0. The fourth-order valence-electron chi connectivity index (χ4n) is 4.29. The van der Waals surface area contributed by atoms with E-state index in [0.29, 0.717) is 35.5 Å². The van der Waals surface area contributed by atoms with Gasteiger partial charge in [0.05, 0.1) is 0 Å². The Morgan fingerprint density at radius 1 is 1.29 bits per heavy atom. The highest BCUT2D eigenvalue weighted by Gasteiger charge is 2.35. The predicted molar refractivity (Wildman–Crippen MR) is 96.4 cm³/mol. The molecule has 1 amide bonds. The number of H-pyrrole nitrogens is 1. The van der Waals surface area contributed by atoms with Crippen molar-refractivity contribution >= 4 is 17.7 Å². The number of amides is 1. The number of aryl methyl sites for hydroxylation is 1. The Bertz CT molecular complexity index is 652. The number of carbonyl (C=O) groups excluding carboxylic acids is 1. The minimum Gasteiger partial charge on any atom is -0.339 e.